The number of benzene rings is 1. The Bertz CT molecular complexity index is 581. The summed E-state index contributed by atoms with van der Waals surface area (Å²) >= 11 is 0. The Morgan fingerprint density at radius 1 is 1.50 bits per heavy atom. The fourth-order valence-electron chi connectivity index (χ4n) is 1.54. The van der Waals surface area contributed by atoms with Crippen molar-refractivity contribution < 1.29 is 9.66 Å². The molecule has 1 aromatic carbocycles. The van der Waals surface area contributed by atoms with Gasteiger partial charge in [0.15, 0.2) is 5.75 Å². The quantitative estimate of drug-likeness (QED) is 0.591. The van der Waals surface area contributed by atoms with E-state index in [4.69, 9.17) is 4.74 Å². The van der Waals surface area contributed by atoms with E-state index in [0.717, 1.165) is 5.56 Å². The van der Waals surface area contributed by atoms with Crippen molar-refractivity contribution in [2.45, 2.75) is 13.5 Å². The second-order valence-electron chi connectivity index (χ2n) is 3.65. The number of rotatable bonds is 4. The van der Waals surface area contributed by atoms with Gasteiger partial charge in [-0.2, -0.15) is 0 Å². The molecule has 8 heteroatoms. The van der Waals surface area contributed by atoms with Crippen LogP contribution in [-0.2, 0) is 6.54 Å². The smallest absolute Gasteiger partial charge is 0.311 e. The molecule has 0 N–H and O–H groups in total. The lowest BCUT2D eigenvalue weighted by Crippen LogP contribution is -2.05. The Labute approximate surface area is 102 Å². The van der Waals surface area contributed by atoms with Crippen molar-refractivity contribution in [3.05, 3.63) is 39.7 Å². The van der Waals surface area contributed by atoms with Gasteiger partial charge in [0.2, 0.25) is 0 Å². The number of nitro benzene ring substituents is 1. The molecule has 0 bridgehead atoms. The first-order valence-electron chi connectivity index (χ1n) is 5.16. The van der Waals surface area contributed by atoms with Crippen LogP contribution in [0.25, 0.3) is 0 Å². The zero-order valence-corrected chi connectivity index (χ0v) is 9.90. The summed E-state index contributed by atoms with van der Waals surface area (Å²) in [5, 5.41) is 21.9. The van der Waals surface area contributed by atoms with Gasteiger partial charge in [-0.15, -0.1) is 5.10 Å². The third-order valence-electron chi connectivity index (χ3n) is 2.48. The van der Waals surface area contributed by atoms with Gasteiger partial charge in [-0.1, -0.05) is 6.07 Å². The van der Waals surface area contributed by atoms with Crippen LogP contribution in [0.5, 0.6) is 5.75 Å². The highest BCUT2D eigenvalue weighted by Crippen LogP contribution is 2.27. The molecule has 0 saturated heterocycles. The number of hydrogen-bond donors (Lipinski definition) is 0. The van der Waals surface area contributed by atoms with E-state index in [0.29, 0.717) is 12.4 Å². The largest absolute Gasteiger partial charge is 0.490 e. The number of aromatic nitrogens is 4. The molecule has 1 heterocycles. The lowest BCUT2D eigenvalue weighted by Gasteiger charge is -2.05. The first-order chi connectivity index (χ1) is 8.61. The van der Waals surface area contributed by atoms with Crippen molar-refractivity contribution in [2.24, 2.45) is 0 Å². The highest BCUT2D eigenvalue weighted by atomic mass is 16.6. The normalized spacial score (nSPS) is 10.3. The average Bonchev–Trinajstić information content (AvgIpc) is 2.75. The molecule has 0 aliphatic heterocycles. The van der Waals surface area contributed by atoms with Gasteiger partial charge in [0, 0.05) is 6.07 Å². The fourth-order valence-corrected chi connectivity index (χ4v) is 1.54. The van der Waals surface area contributed by atoms with Crippen LogP contribution < -0.4 is 4.74 Å². The summed E-state index contributed by atoms with van der Waals surface area (Å²) < 4.78 is 6.49. The van der Waals surface area contributed by atoms with E-state index in [2.05, 4.69) is 15.5 Å². The van der Waals surface area contributed by atoms with Crippen LogP contribution in [0, 0.1) is 17.0 Å². The maximum Gasteiger partial charge on any atom is 0.311 e. The van der Waals surface area contributed by atoms with Gasteiger partial charge >= 0.3 is 5.69 Å². The van der Waals surface area contributed by atoms with Crippen molar-refractivity contribution in [1.29, 1.82) is 0 Å². The Kier molecular flexibility index (Phi) is 3.18. The minimum absolute atomic E-state index is 0.0688. The topological polar surface area (TPSA) is 96.0 Å². The first-order valence-corrected chi connectivity index (χ1v) is 5.16. The summed E-state index contributed by atoms with van der Waals surface area (Å²) in [6, 6.07) is 4.76. The van der Waals surface area contributed by atoms with E-state index in [1.807, 2.05) is 0 Å². The highest BCUT2D eigenvalue weighted by Gasteiger charge is 2.15. The molecule has 0 aliphatic rings. The molecule has 2 rings (SSSR count). The van der Waals surface area contributed by atoms with Crippen molar-refractivity contribution in [1.82, 2.24) is 20.2 Å². The summed E-state index contributed by atoms with van der Waals surface area (Å²) in [5.74, 6) is 0.880. The van der Waals surface area contributed by atoms with E-state index < -0.39 is 4.92 Å². The highest BCUT2D eigenvalue weighted by molar-refractivity contribution is 5.48. The summed E-state index contributed by atoms with van der Waals surface area (Å²) in [5.41, 5.74) is 0.665. The fraction of sp³-hybridized carbons (Fsp3) is 0.300. The van der Waals surface area contributed by atoms with Crippen molar-refractivity contribution in [3.8, 4) is 5.75 Å². The minimum Gasteiger partial charge on any atom is -0.490 e. The predicted molar refractivity (Wildman–Crippen MR) is 61.3 cm³/mol. The molecule has 0 spiro atoms. The molecule has 18 heavy (non-hydrogen) atoms. The molecule has 0 unspecified atom stereocenters. The van der Waals surface area contributed by atoms with Gasteiger partial charge in [-0.25, -0.2) is 4.68 Å². The number of ether oxygens (including phenoxy) is 1. The number of nitrogens with zero attached hydrogens (tertiary/aromatic N) is 5. The molecule has 0 aliphatic carbocycles. The minimum atomic E-state index is -0.477. The molecule has 8 nitrogen and oxygen atoms in total. The molecule has 94 valence electrons. The molecular formula is C10H11N5O3. The maximum atomic E-state index is 10.9. The van der Waals surface area contributed by atoms with Crippen LogP contribution >= 0.6 is 0 Å². The van der Waals surface area contributed by atoms with Gasteiger partial charge in [0.05, 0.1) is 18.6 Å². The van der Waals surface area contributed by atoms with Gasteiger partial charge in [0.25, 0.3) is 0 Å². The van der Waals surface area contributed by atoms with Gasteiger partial charge in [-0.05, 0) is 29.0 Å². The number of nitro groups is 1. The number of hydrogen-bond acceptors (Lipinski definition) is 6. The SMILES string of the molecule is COc1ccc(Cn2nnnc2C)cc1[N+](=O)[O-]. The van der Waals surface area contributed by atoms with Gasteiger partial charge in [-0.3, -0.25) is 10.1 Å². The van der Waals surface area contributed by atoms with Crippen LogP contribution in [0.1, 0.15) is 11.4 Å². The van der Waals surface area contributed by atoms with E-state index in [1.54, 1.807) is 23.7 Å². The summed E-state index contributed by atoms with van der Waals surface area (Å²) in [7, 11) is 1.40. The molecule has 0 saturated carbocycles. The molecule has 0 atom stereocenters. The standard InChI is InChI=1S/C10H11N5O3/c1-7-11-12-13-14(7)6-8-3-4-10(18-2)9(5-8)15(16)17/h3-5H,6H2,1-2H3. The number of tetrazole rings is 1. The van der Waals surface area contributed by atoms with Crippen LogP contribution in [-0.4, -0.2) is 32.2 Å². The number of methoxy groups -OCH3 is 1. The molecule has 1 aromatic heterocycles. The van der Waals surface area contributed by atoms with Crippen LogP contribution in [0.15, 0.2) is 18.2 Å². The average molecular weight is 249 g/mol. The first kappa shape index (κ1) is 12.0. The van der Waals surface area contributed by atoms with Crippen molar-refractivity contribution in [3.63, 3.8) is 0 Å². The third kappa shape index (κ3) is 2.26. The predicted octanol–water partition coefficient (Wildman–Crippen LogP) is 0.947. The Morgan fingerprint density at radius 3 is 2.83 bits per heavy atom. The van der Waals surface area contributed by atoms with E-state index in [1.165, 1.54) is 13.2 Å². The van der Waals surface area contributed by atoms with Crippen LogP contribution in [0.4, 0.5) is 5.69 Å². The monoisotopic (exact) mass is 249 g/mol. The van der Waals surface area contributed by atoms with Crippen LogP contribution in [0.2, 0.25) is 0 Å². The van der Waals surface area contributed by atoms with Gasteiger partial charge in [0.1, 0.15) is 5.82 Å². The van der Waals surface area contributed by atoms with Crippen molar-refractivity contribution in [2.75, 3.05) is 7.11 Å². The second kappa shape index (κ2) is 4.78. The Hall–Kier alpha value is -2.51. The molecule has 2 aromatic rings. The maximum absolute atomic E-state index is 10.9. The zero-order valence-electron chi connectivity index (χ0n) is 9.90. The Balaban J connectivity index is 2.33. The number of aryl methyl sites for hydroxylation is 1. The second-order valence-corrected chi connectivity index (χ2v) is 3.65. The summed E-state index contributed by atoms with van der Waals surface area (Å²) in [6.07, 6.45) is 0. The zero-order chi connectivity index (χ0) is 13.1. The Morgan fingerprint density at radius 2 is 2.28 bits per heavy atom. The molecule has 0 fully saturated rings. The molecular weight excluding hydrogens is 238 g/mol. The van der Waals surface area contributed by atoms with E-state index >= 15 is 0 Å². The third-order valence-corrected chi connectivity index (χ3v) is 2.48. The van der Waals surface area contributed by atoms with E-state index in [9.17, 15) is 10.1 Å². The summed E-state index contributed by atoms with van der Waals surface area (Å²) in [6.45, 7) is 2.14. The van der Waals surface area contributed by atoms with Gasteiger partial charge < -0.3 is 4.74 Å². The van der Waals surface area contributed by atoms with Crippen LogP contribution in [0.3, 0.4) is 0 Å². The van der Waals surface area contributed by atoms with E-state index in [-0.39, 0.29) is 11.4 Å². The van der Waals surface area contributed by atoms with Crippen molar-refractivity contribution >= 4 is 5.69 Å². The summed E-state index contributed by atoms with van der Waals surface area (Å²) in [4.78, 5) is 10.4. The lowest BCUT2D eigenvalue weighted by molar-refractivity contribution is -0.385. The lowest BCUT2D eigenvalue weighted by atomic mass is 10.2. The molecule has 0 radical (unpaired) electrons. The molecule has 0 amide bonds.